The maximum Gasteiger partial charge on any atom is 0.217 e. The van der Waals surface area contributed by atoms with Gasteiger partial charge in [0.25, 0.3) is 0 Å². The van der Waals surface area contributed by atoms with Gasteiger partial charge in [-0.15, -0.1) is 0 Å². The van der Waals surface area contributed by atoms with Gasteiger partial charge in [0.15, 0.2) is 0 Å². The SMILES string of the molecule is CC.CC[C@H](C)NC(C)=O.S. The largest absolute Gasteiger partial charge is 0.354 e. The van der Waals surface area contributed by atoms with Crippen LogP contribution in [-0.4, -0.2) is 11.9 Å². The Kier molecular flexibility index (Phi) is 19.4. The molecule has 1 N–H and O–H groups in total. The summed E-state index contributed by atoms with van der Waals surface area (Å²) in [4.78, 5) is 10.3. The fourth-order valence-corrected chi connectivity index (χ4v) is 0.449. The Morgan fingerprint density at radius 1 is 1.45 bits per heavy atom. The van der Waals surface area contributed by atoms with E-state index in [2.05, 4.69) is 5.32 Å². The Morgan fingerprint density at radius 3 is 1.91 bits per heavy atom. The number of rotatable bonds is 2. The van der Waals surface area contributed by atoms with Crippen molar-refractivity contribution >= 4 is 19.4 Å². The highest BCUT2D eigenvalue weighted by Gasteiger charge is 1.96. The van der Waals surface area contributed by atoms with Crippen LogP contribution in [0.4, 0.5) is 0 Å². The van der Waals surface area contributed by atoms with Crippen molar-refractivity contribution in [3.63, 3.8) is 0 Å². The first-order valence-corrected chi connectivity index (χ1v) is 3.94. The van der Waals surface area contributed by atoms with E-state index in [-0.39, 0.29) is 19.4 Å². The number of hydrogen-bond acceptors (Lipinski definition) is 1. The molecule has 0 unspecified atom stereocenters. The van der Waals surface area contributed by atoms with Crippen molar-refractivity contribution in [3.05, 3.63) is 0 Å². The van der Waals surface area contributed by atoms with Crippen LogP contribution in [0.2, 0.25) is 0 Å². The van der Waals surface area contributed by atoms with Gasteiger partial charge in [-0.2, -0.15) is 13.5 Å². The fraction of sp³-hybridized carbons (Fsp3) is 0.875. The van der Waals surface area contributed by atoms with E-state index in [0.717, 1.165) is 6.42 Å². The Balaban J connectivity index is -0.000000196. The molecule has 0 saturated carbocycles. The number of hydrogen-bond donors (Lipinski definition) is 1. The lowest BCUT2D eigenvalue weighted by Gasteiger charge is -2.07. The summed E-state index contributed by atoms with van der Waals surface area (Å²) < 4.78 is 0. The van der Waals surface area contributed by atoms with Gasteiger partial charge in [-0.05, 0) is 13.3 Å². The predicted molar refractivity (Wildman–Crippen MR) is 55.3 cm³/mol. The van der Waals surface area contributed by atoms with Gasteiger partial charge >= 0.3 is 0 Å². The van der Waals surface area contributed by atoms with E-state index in [1.54, 1.807) is 0 Å². The zero-order valence-electron chi connectivity index (χ0n) is 8.19. The van der Waals surface area contributed by atoms with Crippen molar-refractivity contribution in [3.8, 4) is 0 Å². The first-order valence-electron chi connectivity index (χ1n) is 3.94. The summed E-state index contributed by atoms with van der Waals surface area (Å²) in [7, 11) is 0. The Hall–Kier alpha value is -0.180. The second-order valence-corrected chi connectivity index (χ2v) is 2.01. The Bertz CT molecular complexity index is 86.2. The van der Waals surface area contributed by atoms with E-state index in [0.29, 0.717) is 6.04 Å². The third-order valence-electron chi connectivity index (χ3n) is 1.06. The zero-order valence-corrected chi connectivity index (χ0v) is 9.19. The summed E-state index contributed by atoms with van der Waals surface area (Å²) in [5.41, 5.74) is 0. The first kappa shape index (κ1) is 17.1. The molecule has 0 fully saturated rings. The molecule has 0 rings (SSSR count). The number of carbonyl (C=O) groups excluding carboxylic acids is 1. The van der Waals surface area contributed by atoms with Crippen LogP contribution in [-0.2, 0) is 4.79 Å². The minimum Gasteiger partial charge on any atom is -0.354 e. The minimum absolute atomic E-state index is 0. The molecular weight excluding hydrogens is 158 g/mol. The molecule has 0 saturated heterocycles. The molecule has 3 heteroatoms. The van der Waals surface area contributed by atoms with Gasteiger partial charge in [-0.1, -0.05) is 20.8 Å². The van der Waals surface area contributed by atoms with Crippen LogP contribution in [0.3, 0.4) is 0 Å². The van der Waals surface area contributed by atoms with Gasteiger partial charge in [0.05, 0.1) is 0 Å². The van der Waals surface area contributed by atoms with Gasteiger partial charge in [0.2, 0.25) is 5.91 Å². The average Bonchev–Trinajstić information content (AvgIpc) is 1.91. The highest BCUT2D eigenvalue weighted by atomic mass is 32.1. The van der Waals surface area contributed by atoms with Crippen LogP contribution in [0.5, 0.6) is 0 Å². The zero-order chi connectivity index (χ0) is 8.57. The van der Waals surface area contributed by atoms with Crippen LogP contribution < -0.4 is 5.32 Å². The lowest BCUT2D eigenvalue weighted by atomic mass is 10.3. The maximum atomic E-state index is 10.3. The molecular formula is C8H21NOS. The summed E-state index contributed by atoms with van der Waals surface area (Å²) >= 11 is 0. The van der Waals surface area contributed by atoms with Gasteiger partial charge in [0.1, 0.15) is 0 Å². The number of amides is 1. The maximum absolute atomic E-state index is 10.3. The molecule has 11 heavy (non-hydrogen) atoms. The normalized spacial score (nSPS) is 9.91. The summed E-state index contributed by atoms with van der Waals surface area (Å²) in [6, 6.07) is 0.326. The van der Waals surface area contributed by atoms with E-state index in [1.165, 1.54) is 6.92 Å². The molecule has 0 aliphatic rings. The van der Waals surface area contributed by atoms with Crippen molar-refractivity contribution in [2.24, 2.45) is 0 Å². The quantitative estimate of drug-likeness (QED) is 0.690. The Labute approximate surface area is 77.2 Å². The standard InChI is InChI=1S/C6H13NO.C2H6.H2S/c1-4-5(2)7-6(3)8;1-2;/h5H,4H2,1-3H3,(H,7,8);1-2H3;1H2/t5-;;/m0../s1. The lowest BCUT2D eigenvalue weighted by molar-refractivity contribution is -0.119. The number of carbonyl (C=O) groups is 1. The third-order valence-corrected chi connectivity index (χ3v) is 1.06. The molecule has 0 aliphatic heterocycles. The molecule has 70 valence electrons. The monoisotopic (exact) mass is 179 g/mol. The Morgan fingerprint density at radius 2 is 1.82 bits per heavy atom. The second kappa shape index (κ2) is 12.5. The second-order valence-electron chi connectivity index (χ2n) is 2.01. The van der Waals surface area contributed by atoms with Crippen molar-refractivity contribution in [2.45, 2.75) is 47.1 Å². The van der Waals surface area contributed by atoms with Crippen LogP contribution in [0, 0.1) is 0 Å². The predicted octanol–water partition coefficient (Wildman–Crippen LogP) is 2.06. The molecule has 0 aromatic heterocycles. The van der Waals surface area contributed by atoms with Crippen molar-refractivity contribution in [1.29, 1.82) is 0 Å². The van der Waals surface area contributed by atoms with Gasteiger partial charge < -0.3 is 5.32 Å². The van der Waals surface area contributed by atoms with Crippen molar-refractivity contribution in [1.82, 2.24) is 5.32 Å². The third kappa shape index (κ3) is 17.7. The molecule has 0 aromatic rings. The van der Waals surface area contributed by atoms with Gasteiger partial charge in [-0.3, -0.25) is 4.79 Å². The van der Waals surface area contributed by atoms with Crippen LogP contribution in [0.15, 0.2) is 0 Å². The van der Waals surface area contributed by atoms with E-state index in [1.807, 2.05) is 27.7 Å². The van der Waals surface area contributed by atoms with Gasteiger partial charge in [-0.25, -0.2) is 0 Å². The molecule has 1 amide bonds. The summed E-state index contributed by atoms with van der Waals surface area (Å²) in [5.74, 6) is 0.0550. The van der Waals surface area contributed by atoms with E-state index in [4.69, 9.17) is 0 Å². The molecule has 0 aromatic carbocycles. The molecule has 0 bridgehead atoms. The fourth-order valence-electron chi connectivity index (χ4n) is 0.449. The van der Waals surface area contributed by atoms with E-state index in [9.17, 15) is 4.79 Å². The molecule has 0 radical (unpaired) electrons. The molecule has 0 aliphatic carbocycles. The highest BCUT2D eigenvalue weighted by molar-refractivity contribution is 7.59. The van der Waals surface area contributed by atoms with E-state index < -0.39 is 0 Å². The van der Waals surface area contributed by atoms with Crippen molar-refractivity contribution in [2.75, 3.05) is 0 Å². The molecule has 0 spiro atoms. The highest BCUT2D eigenvalue weighted by Crippen LogP contribution is 1.85. The topological polar surface area (TPSA) is 29.1 Å². The van der Waals surface area contributed by atoms with Crippen LogP contribution in [0.25, 0.3) is 0 Å². The van der Waals surface area contributed by atoms with Crippen LogP contribution >= 0.6 is 13.5 Å². The smallest absolute Gasteiger partial charge is 0.217 e. The first-order chi connectivity index (χ1) is 4.66. The van der Waals surface area contributed by atoms with E-state index >= 15 is 0 Å². The van der Waals surface area contributed by atoms with Crippen LogP contribution in [0.1, 0.15) is 41.0 Å². The minimum atomic E-state index is 0. The summed E-state index contributed by atoms with van der Waals surface area (Å²) in [6.45, 7) is 9.56. The number of nitrogens with one attached hydrogen (secondary N) is 1. The lowest BCUT2D eigenvalue weighted by Crippen LogP contribution is -2.29. The molecule has 1 atom stereocenters. The molecule has 2 nitrogen and oxygen atoms in total. The van der Waals surface area contributed by atoms with Crippen molar-refractivity contribution < 1.29 is 4.79 Å². The molecule has 0 heterocycles. The average molecular weight is 179 g/mol. The van der Waals surface area contributed by atoms with Gasteiger partial charge in [0, 0.05) is 13.0 Å². The summed E-state index contributed by atoms with van der Waals surface area (Å²) in [5, 5.41) is 2.75. The summed E-state index contributed by atoms with van der Waals surface area (Å²) in [6.07, 6.45) is 1.000.